The molecule has 0 bridgehead atoms. The van der Waals surface area contributed by atoms with Gasteiger partial charge in [0, 0.05) is 0 Å². The van der Waals surface area contributed by atoms with E-state index >= 15 is 0 Å². The van der Waals surface area contributed by atoms with Crippen LogP contribution in [0.3, 0.4) is 0 Å². The third-order valence-corrected chi connectivity index (χ3v) is 4.82. The van der Waals surface area contributed by atoms with Crippen molar-refractivity contribution < 1.29 is 24.3 Å². The predicted molar refractivity (Wildman–Crippen MR) is 102 cm³/mol. The van der Waals surface area contributed by atoms with Crippen LogP contribution in [0.15, 0.2) is 16.2 Å². The highest BCUT2D eigenvalue weighted by Crippen LogP contribution is 2.29. The van der Waals surface area contributed by atoms with Crippen molar-refractivity contribution in [3.05, 3.63) is 27.5 Å². The van der Waals surface area contributed by atoms with Crippen molar-refractivity contribution in [3.63, 3.8) is 0 Å². The number of hydrogen-bond acceptors (Lipinski definition) is 8. The normalized spacial score (nSPS) is 14.3. The van der Waals surface area contributed by atoms with Crippen LogP contribution in [-0.4, -0.2) is 60.5 Å². The summed E-state index contributed by atoms with van der Waals surface area (Å²) in [5.41, 5.74) is 5.00. The fourth-order valence-corrected chi connectivity index (χ4v) is 3.26. The molecule has 148 valence electrons. The minimum Gasteiger partial charge on any atom is -0.501 e. The van der Waals surface area contributed by atoms with Gasteiger partial charge in [0.15, 0.2) is 11.5 Å². The van der Waals surface area contributed by atoms with Crippen LogP contribution in [0.25, 0.3) is 10.7 Å². The summed E-state index contributed by atoms with van der Waals surface area (Å²) in [6.45, 7) is 7.88. The lowest BCUT2D eigenvalue weighted by molar-refractivity contribution is -0.908. The minimum absolute atomic E-state index is 0.126. The smallest absolute Gasteiger partial charge is 0.361 e. The monoisotopic (exact) mass is 397 g/mol. The van der Waals surface area contributed by atoms with Crippen molar-refractivity contribution in [2.45, 2.75) is 13.8 Å². The zero-order valence-corrected chi connectivity index (χ0v) is 16.2. The Balaban J connectivity index is 0.00000126. The topological polar surface area (TPSA) is 132 Å². The van der Waals surface area contributed by atoms with Gasteiger partial charge < -0.3 is 30.2 Å². The second-order valence-electron chi connectivity index (χ2n) is 5.57. The van der Waals surface area contributed by atoms with Gasteiger partial charge in [0.1, 0.15) is 26.2 Å². The number of aromatic hydroxyl groups is 1. The van der Waals surface area contributed by atoms with E-state index in [1.54, 1.807) is 11.4 Å². The number of aromatic nitrogens is 2. The van der Waals surface area contributed by atoms with Crippen molar-refractivity contribution in [1.82, 2.24) is 9.97 Å². The summed E-state index contributed by atoms with van der Waals surface area (Å²) in [7, 11) is 0. The van der Waals surface area contributed by atoms with Gasteiger partial charge in [0.05, 0.1) is 23.8 Å². The molecule has 2 aromatic heterocycles. The molecule has 3 rings (SSSR count). The summed E-state index contributed by atoms with van der Waals surface area (Å²) in [5, 5.41) is 11.6. The van der Waals surface area contributed by atoms with E-state index in [-0.39, 0.29) is 12.4 Å². The third kappa shape index (κ3) is 5.28. The van der Waals surface area contributed by atoms with Crippen molar-refractivity contribution >= 4 is 23.0 Å². The van der Waals surface area contributed by atoms with Crippen molar-refractivity contribution in [3.8, 4) is 16.5 Å². The molecule has 0 radical (unpaired) electrons. The maximum Gasteiger partial charge on any atom is 0.361 e. The number of ether oxygens (including phenoxy) is 2. The van der Waals surface area contributed by atoms with Crippen LogP contribution < -0.4 is 16.2 Å². The Bertz CT molecular complexity index is 814. The molecule has 0 amide bonds. The standard InChI is InChI=1S/C15H18N4O5S.C2H6/c16-9-1-8-25-12(9)13-17-10(11(20)14(21)18-13)15(22)24-7-4-19-2-5-23-6-3-19;1-2/h1,8,20H,2-7,16H2,(H,17,18,21);1-2H3/p+1. The molecule has 9 nitrogen and oxygen atoms in total. The van der Waals surface area contributed by atoms with Crippen LogP contribution in [0, 0.1) is 0 Å². The van der Waals surface area contributed by atoms with Crippen LogP contribution in [0.5, 0.6) is 5.75 Å². The Labute approximate surface area is 160 Å². The van der Waals surface area contributed by atoms with Crippen molar-refractivity contribution in [1.29, 1.82) is 0 Å². The average molecular weight is 397 g/mol. The zero-order valence-electron chi connectivity index (χ0n) is 15.4. The third-order valence-electron chi connectivity index (χ3n) is 3.89. The Morgan fingerprint density at radius 2 is 2.15 bits per heavy atom. The summed E-state index contributed by atoms with van der Waals surface area (Å²) >= 11 is 1.27. The molecule has 0 atom stereocenters. The number of anilines is 1. The van der Waals surface area contributed by atoms with E-state index in [1.165, 1.54) is 16.2 Å². The number of carbonyl (C=O) groups is 1. The van der Waals surface area contributed by atoms with E-state index in [0.29, 0.717) is 30.3 Å². The second-order valence-corrected chi connectivity index (χ2v) is 6.48. The average Bonchev–Trinajstić information content (AvgIpc) is 3.12. The lowest BCUT2D eigenvalue weighted by atomic mass is 10.3. The molecule has 0 aliphatic carbocycles. The number of thiophene rings is 1. The van der Waals surface area contributed by atoms with Gasteiger partial charge in [-0.15, -0.1) is 11.3 Å². The van der Waals surface area contributed by atoms with Crippen LogP contribution in [-0.2, 0) is 9.47 Å². The van der Waals surface area contributed by atoms with Gasteiger partial charge in [-0.25, -0.2) is 9.78 Å². The number of carbonyl (C=O) groups excluding carboxylic acids is 1. The number of morpholine rings is 1. The quantitative estimate of drug-likeness (QED) is 0.517. The van der Waals surface area contributed by atoms with Gasteiger partial charge >= 0.3 is 5.97 Å². The van der Waals surface area contributed by atoms with E-state index in [1.807, 2.05) is 13.8 Å². The maximum atomic E-state index is 12.2. The highest BCUT2D eigenvalue weighted by atomic mass is 32.1. The molecule has 0 aromatic carbocycles. The molecule has 27 heavy (non-hydrogen) atoms. The first-order valence-electron chi connectivity index (χ1n) is 8.81. The fourth-order valence-electron chi connectivity index (χ4n) is 2.49. The zero-order chi connectivity index (χ0) is 19.8. The lowest BCUT2D eigenvalue weighted by Crippen LogP contribution is -3.14. The lowest BCUT2D eigenvalue weighted by Gasteiger charge is -2.23. The Morgan fingerprint density at radius 1 is 1.44 bits per heavy atom. The van der Waals surface area contributed by atoms with E-state index in [4.69, 9.17) is 15.2 Å². The number of aromatic amines is 1. The first-order chi connectivity index (χ1) is 13.1. The van der Waals surface area contributed by atoms with E-state index < -0.39 is 23.0 Å². The van der Waals surface area contributed by atoms with Crippen molar-refractivity contribution in [2.24, 2.45) is 0 Å². The Kier molecular flexibility index (Phi) is 7.77. The molecular formula is C17H25N4O5S+. The molecule has 5 N–H and O–H groups in total. The maximum absolute atomic E-state index is 12.2. The summed E-state index contributed by atoms with van der Waals surface area (Å²) in [4.78, 5) is 32.3. The summed E-state index contributed by atoms with van der Waals surface area (Å²) < 4.78 is 10.4. The number of H-pyrrole nitrogens is 1. The van der Waals surface area contributed by atoms with Crippen LogP contribution in [0.2, 0.25) is 0 Å². The van der Waals surface area contributed by atoms with Crippen LogP contribution in [0.4, 0.5) is 5.69 Å². The molecule has 1 aliphatic rings. The number of nitrogens with one attached hydrogen (secondary N) is 2. The number of nitrogens with two attached hydrogens (primary N) is 1. The number of hydrogen-bond donors (Lipinski definition) is 4. The molecule has 1 fully saturated rings. The second kappa shape index (κ2) is 10.0. The van der Waals surface area contributed by atoms with Gasteiger partial charge in [-0.1, -0.05) is 13.8 Å². The van der Waals surface area contributed by atoms with Crippen LogP contribution in [0.1, 0.15) is 24.3 Å². The first-order valence-corrected chi connectivity index (χ1v) is 9.69. The highest BCUT2D eigenvalue weighted by Gasteiger charge is 2.22. The summed E-state index contributed by atoms with van der Waals surface area (Å²) in [6, 6.07) is 1.66. The molecule has 1 saturated heterocycles. The van der Waals surface area contributed by atoms with Crippen molar-refractivity contribution in [2.75, 3.05) is 45.2 Å². The molecule has 0 spiro atoms. The summed E-state index contributed by atoms with van der Waals surface area (Å²) in [6.07, 6.45) is 0. The Hall–Kier alpha value is -2.43. The fraction of sp³-hybridized carbons (Fsp3) is 0.471. The molecule has 10 heteroatoms. The van der Waals surface area contributed by atoms with Crippen LogP contribution >= 0.6 is 11.3 Å². The van der Waals surface area contributed by atoms with Gasteiger partial charge in [0.2, 0.25) is 5.75 Å². The number of quaternary nitrogens is 1. The molecule has 1 aliphatic heterocycles. The molecule has 3 heterocycles. The number of nitrogens with zero attached hydrogens (tertiary/aromatic N) is 1. The summed E-state index contributed by atoms with van der Waals surface area (Å²) in [5.74, 6) is -1.48. The number of rotatable bonds is 5. The van der Waals surface area contributed by atoms with Gasteiger partial charge in [-0.2, -0.15) is 0 Å². The molecular weight excluding hydrogens is 372 g/mol. The predicted octanol–water partition coefficient (Wildman–Crippen LogP) is -0.116. The van der Waals surface area contributed by atoms with Gasteiger partial charge in [0.25, 0.3) is 5.56 Å². The molecule has 2 aromatic rings. The van der Waals surface area contributed by atoms with E-state index in [2.05, 4.69) is 9.97 Å². The minimum atomic E-state index is -0.840. The largest absolute Gasteiger partial charge is 0.501 e. The van der Waals surface area contributed by atoms with E-state index in [9.17, 15) is 14.7 Å². The van der Waals surface area contributed by atoms with Gasteiger partial charge in [-0.05, 0) is 11.4 Å². The SMILES string of the molecule is CC.Nc1ccsc1-c1nc(C(=O)OCC[NH+]2CCOCC2)c(O)c(=O)[nH]1. The molecule has 0 saturated carbocycles. The van der Waals surface area contributed by atoms with E-state index in [0.717, 1.165) is 13.1 Å². The highest BCUT2D eigenvalue weighted by molar-refractivity contribution is 7.14. The first kappa shape index (κ1) is 20.9. The Morgan fingerprint density at radius 3 is 2.78 bits per heavy atom. The number of esters is 1. The number of nitrogen functional groups attached to an aromatic ring is 1. The van der Waals surface area contributed by atoms with Gasteiger partial charge in [-0.3, -0.25) is 4.79 Å². The molecule has 0 unspecified atom stereocenters.